The van der Waals surface area contributed by atoms with Gasteiger partial charge in [0.05, 0.1) is 0 Å². The van der Waals surface area contributed by atoms with Crippen LogP contribution in [0.1, 0.15) is 102 Å². The minimum Gasteiger partial charge on any atom is -0.436 e. The Morgan fingerprint density at radius 1 is 0.794 bits per heavy atom. The van der Waals surface area contributed by atoms with Gasteiger partial charge in [0, 0.05) is 17.7 Å². The Balaban J connectivity index is 1.28. The average Bonchev–Trinajstić information content (AvgIpc) is 3.26. The zero-order chi connectivity index (χ0) is 24.0. The molecule has 0 aliphatic carbocycles. The van der Waals surface area contributed by atoms with E-state index in [4.69, 9.17) is 4.42 Å². The van der Waals surface area contributed by atoms with Gasteiger partial charge in [-0.3, -0.25) is 4.79 Å². The summed E-state index contributed by atoms with van der Waals surface area (Å²) in [6.45, 7) is 4.33. The van der Waals surface area contributed by atoms with Crippen LogP contribution in [0.4, 0.5) is 5.69 Å². The maximum Gasteiger partial charge on any atom is 0.227 e. The van der Waals surface area contributed by atoms with E-state index in [1.165, 1.54) is 76.2 Å². The Morgan fingerprint density at radius 2 is 1.38 bits per heavy atom. The van der Waals surface area contributed by atoms with Gasteiger partial charge in [0.1, 0.15) is 5.52 Å². The molecule has 3 rings (SSSR count). The molecule has 0 spiro atoms. The first kappa shape index (κ1) is 26.0. The van der Waals surface area contributed by atoms with Crippen LogP contribution in [0, 0.1) is 6.92 Å². The summed E-state index contributed by atoms with van der Waals surface area (Å²) < 4.78 is 5.88. The Bertz CT molecular complexity index is 991. The fraction of sp³-hybridized carbons (Fsp3) is 0.533. The summed E-state index contributed by atoms with van der Waals surface area (Å²) in [5.74, 6) is 0.676. The standard InChI is InChI=1S/C30H42N2O2/c1-3-4-5-6-7-8-9-10-11-12-13-14-15-16-29(33)31-26-21-22-28-27(23-26)32-30(34-28)25-19-17-24(2)18-20-25/h17-23H,3-16H2,1-2H3,(H,31,33). The summed E-state index contributed by atoms with van der Waals surface area (Å²) in [6.07, 6.45) is 17.6. The lowest BCUT2D eigenvalue weighted by atomic mass is 10.0. The lowest BCUT2D eigenvalue weighted by Gasteiger charge is -2.05. The molecule has 0 aliphatic heterocycles. The minimum atomic E-state index is 0.0738. The molecule has 0 saturated carbocycles. The van der Waals surface area contributed by atoms with E-state index in [-0.39, 0.29) is 5.91 Å². The second kappa shape index (κ2) is 14.6. The molecule has 0 fully saturated rings. The Hall–Kier alpha value is -2.62. The van der Waals surface area contributed by atoms with Crippen LogP contribution in [0.5, 0.6) is 0 Å². The third-order valence-electron chi connectivity index (χ3n) is 6.48. The molecule has 1 heterocycles. The minimum absolute atomic E-state index is 0.0738. The molecule has 34 heavy (non-hydrogen) atoms. The molecule has 0 bridgehead atoms. The van der Waals surface area contributed by atoms with Crippen molar-refractivity contribution in [2.75, 3.05) is 5.32 Å². The van der Waals surface area contributed by atoms with E-state index in [1.807, 2.05) is 42.5 Å². The molecule has 0 radical (unpaired) electrons. The highest BCUT2D eigenvalue weighted by atomic mass is 16.3. The predicted octanol–water partition coefficient (Wildman–Crippen LogP) is 9.22. The Labute approximate surface area is 205 Å². The summed E-state index contributed by atoms with van der Waals surface area (Å²) >= 11 is 0. The van der Waals surface area contributed by atoms with Crippen molar-refractivity contribution < 1.29 is 9.21 Å². The zero-order valence-electron chi connectivity index (χ0n) is 21.2. The summed E-state index contributed by atoms with van der Waals surface area (Å²) in [5, 5.41) is 3.01. The van der Waals surface area contributed by atoms with Crippen LogP contribution in [-0.4, -0.2) is 10.9 Å². The molecule has 184 valence electrons. The highest BCUT2D eigenvalue weighted by Crippen LogP contribution is 2.26. The topological polar surface area (TPSA) is 55.1 Å². The van der Waals surface area contributed by atoms with Gasteiger partial charge in [-0.15, -0.1) is 0 Å². The number of amides is 1. The van der Waals surface area contributed by atoms with Crippen molar-refractivity contribution >= 4 is 22.7 Å². The third-order valence-corrected chi connectivity index (χ3v) is 6.48. The number of anilines is 1. The number of carbonyl (C=O) groups excluding carboxylic acids is 1. The van der Waals surface area contributed by atoms with Crippen LogP contribution < -0.4 is 5.32 Å². The van der Waals surface area contributed by atoms with Gasteiger partial charge in [0.15, 0.2) is 5.58 Å². The molecule has 4 heteroatoms. The van der Waals surface area contributed by atoms with Crippen molar-refractivity contribution in [3.05, 3.63) is 48.0 Å². The van der Waals surface area contributed by atoms with E-state index < -0.39 is 0 Å². The number of aryl methyl sites for hydroxylation is 1. The van der Waals surface area contributed by atoms with Crippen molar-refractivity contribution in [2.24, 2.45) is 0 Å². The van der Waals surface area contributed by atoms with E-state index in [2.05, 4.69) is 24.1 Å². The number of fused-ring (bicyclic) bond motifs is 1. The van der Waals surface area contributed by atoms with Crippen molar-refractivity contribution in [3.8, 4) is 11.5 Å². The summed E-state index contributed by atoms with van der Waals surface area (Å²) in [6, 6.07) is 13.8. The number of unbranched alkanes of at least 4 members (excludes halogenated alkanes) is 12. The highest BCUT2D eigenvalue weighted by molar-refractivity contribution is 5.93. The second-order valence-corrected chi connectivity index (χ2v) is 9.61. The van der Waals surface area contributed by atoms with Crippen molar-refractivity contribution in [2.45, 2.75) is 104 Å². The number of carbonyl (C=O) groups is 1. The van der Waals surface area contributed by atoms with E-state index in [0.717, 1.165) is 35.2 Å². The highest BCUT2D eigenvalue weighted by Gasteiger charge is 2.10. The van der Waals surface area contributed by atoms with Gasteiger partial charge >= 0.3 is 0 Å². The first-order valence-corrected chi connectivity index (χ1v) is 13.4. The largest absolute Gasteiger partial charge is 0.436 e. The van der Waals surface area contributed by atoms with Crippen LogP contribution in [0.15, 0.2) is 46.9 Å². The number of hydrogen-bond donors (Lipinski definition) is 1. The normalized spacial score (nSPS) is 11.2. The maximum atomic E-state index is 12.4. The predicted molar refractivity (Wildman–Crippen MR) is 143 cm³/mol. The van der Waals surface area contributed by atoms with Crippen molar-refractivity contribution in [1.82, 2.24) is 4.98 Å². The Morgan fingerprint density at radius 3 is 2.00 bits per heavy atom. The molecule has 1 amide bonds. The van der Waals surface area contributed by atoms with Crippen LogP contribution in [-0.2, 0) is 4.79 Å². The summed E-state index contributed by atoms with van der Waals surface area (Å²) in [4.78, 5) is 17.0. The van der Waals surface area contributed by atoms with Crippen LogP contribution >= 0.6 is 0 Å². The van der Waals surface area contributed by atoms with E-state index in [0.29, 0.717) is 12.3 Å². The van der Waals surface area contributed by atoms with Gasteiger partial charge in [-0.25, -0.2) is 4.98 Å². The average molecular weight is 463 g/mol. The van der Waals surface area contributed by atoms with Gasteiger partial charge in [-0.2, -0.15) is 0 Å². The van der Waals surface area contributed by atoms with Gasteiger partial charge < -0.3 is 9.73 Å². The molecule has 4 nitrogen and oxygen atoms in total. The molecule has 1 N–H and O–H groups in total. The molecule has 0 aliphatic rings. The number of nitrogens with one attached hydrogen (secondary N) is 1. The van der Waals surface area contributed by atoms with E-state index >= 15 is 0 Å². The van der Waals surface area contributed by atoms with Crippen molar-refractivity contribution in [1.29, 1.82) is 0 Å². The molecule has 3 aromatic rings. The zero-order valence-corrected chi connectivity index (χ0v) is 21.2. The lowest BCUT2D eigenvalue weighted by molar-refractivity contribution is -0.116. The number of aromatic nitrogens is 1. The van der Waals surface area contributed by atoms with Crippen LogP contribution in [0.2, 0.25) is 0 Å². The lowest BCUT2D eigenvalue weighted by Crippen LogP contribution is -2.10. The monoisotopic (exact) mass is 462 g/mol. The third kappa shape index (κ3) is 8.96. The summed E-state index contributed by atoms with van der Waals surface area (Å²) in [5.41, 5.74) is 4.42. The molecule has 1 aromatic heterocycles. The van der Waals surface area contributed by atoms with Gasteiger partial charge in [0.25, 0.3) is 0 Å². The van der Waals surface area contributed by atoms with Crippen LogP contribution in [0.25, 0.3) is 22.6 Å². The molecule has 2 aromatic carbocycles. The number of oxazole rings is 1. The fourth-order valence-electron chi connectivity index (χ4n) is 4.35. The maximum absolute atomic E-state index is 12.4. The number of hydrogen-bond acceptors (Lipinski definition) is 3. The summed E-state index contributed by atoms with van der Waals surface area (Å²) in [7, 11) is 0. The number of rotatable bonds is 16. The van der Waals surface area contributed by atoms with Gasteiger partial charge in [0.2, 0.25) is 11.8 Å². The molecular formula is C30H42N2O2. The van der Waals surface area contributed by atoms with E-state index in [1.54, 1.807) is 0 Å². The molecule has 0 saturated heterocycles. The SMILES string of the molecule is CCCCCCCCCCCCCCCC(=O)Nc1ccc2oc(-c3ccc(C)cc3)nc2c1. The van der Waals surface area contributed by atoms with E-state index in [9.17, 15) is 4.79 Å². The Kier molecular flexibility index (Phi) is 11.2. The molecular weight excluding hydrogens is 420 g/mol. The van der Waals surface area contributed by atoms with Crippen molar-refractivity contribution in [3.63, 3.8) is 0 Å². The fourth-order valence-corrected chi connectivity index (χ4v) is 4.35. The van der Waals surface area contributed by atoms with Gasteiger partial charge in [-0.05, 0) is 43.7 Å². The number of benzene rings is 2. The first-order valence-electron chi connectivity index (χ1n) is 13.4. The quantitative estimate of drug-likeness (QED) is 0.216. The smallest absolute Gasteiger partial charge is 0.227 e. The molecule has 0 unspecified atom stereocenters. The second-order valence-electron chi connectivity index (χ2n) is 9.61. The van der Waals surface area contributed by atoms with Crippen LogP contribution in [0.3, 0.4) is 0 Å². The molecule has 0 atom stereocenters. The van der Waals surface area contributed by atoms with Gasteiger partial charge in [-0.1, -0.05) is 102 Å². The first-order chi connectivity index (χ1) is 16.7. The number of nitrogens with zero attached hydrogens (tertiary/aromatic N) is 1.